The Morgan fingerprint density at radius 2 is 2.28 bits per heavy atom. The second-order valence-corrected chi connectivity index (χ2v) is 5.79. The van der Waals surface area contributed by atoms with Crippen LogP contribution in [0.1, 0.15) is 33.1 Å². The second kappa shape index (κ2) is 5.74. The van der Waals surface area contributed by atoms with E-state index in [1.165, 1.54) is 17.5 Å². The van der Waals surface area contributed by atoms with Crippen LogP contribution < -0.4 is 10.9 Å². The molecule has 1 fully saturated rings. The van der Waals surface area contributed by atoms with E-state index in [0.29, 0.717) is 18.2 Å². The lowest BCUT2D eigenvalue weighted by molar-refractivity contribution is 0.464. The molecule has 18 heavy (non-hydrogen) atoms. The minimum atomic E-state index is -0.207. The van der Waals surface area contributed by atoms with E-state index in [-0.39, 0.29) is 10.6 Å². The van der Waals surface area contributed by atoms with Crippen LogP contribution in [-0.2, 0) is 6.54 Å². The molecule has 1 aliphatic carbocycles. The largest absolute Gasteiger partial charge is 0.382 e. The van der Waals surface area contributed by atoms with E-state index in [1.54, 1.807) is 6.20 Å². The summed E-state index contributed by atoms with van der Waals surface area (Å²) >= 11 is 6.08. The second-order valence-electron chi connectivity index (χ2n) is 5.41. The quantitative estimate of drug-likeness (QED) is 0.864. The van der Waals surface area contributed by atoms with Gasteiger partial charge in [0.2, 0.25) is 0 Å². The Morgan fingerprint density at radius 1 is 1.56 bits per heavy atom. The number of nitrogens with zero attached hydrogens (tertiary/aromatic N) is 2. The average Bonchev–Trinajstić information content (AvgIpc) is 3.11. The minimum Gasteiger partial charge on any atom is -0.382 e. The fourth-order valence-corrected chi connectivity index (χ4v) is 2.09. The van der Waals surface area contributed by atoms with Gasteiger partial charge in [0.1, 0.15) is 5.02 Å². The number of nitrogens with one attached hydrogen (secondary N) is 1. The van der Waals surface area contributed by atoms with Crippen molar-refractivity contribution >= 4 is 17.3 Å². The van der Waals surface area contributed by atoms with Crippen molar-refractivity contribution in [2.45, 2.75) is 39.7 Å². The highest BCUT2D eigenvalue weighted by atomic mass is 35.5. The standard InChI is InChI=1S/C13H20ClN3O/c1-9(2)8-17-13(18)12(14)11(7-16-17)15-6-5-10-3-4-10/h7,9-10,15H,3-6,8H2,1-2H3. The van der Waals surface area contributed by atoms with Gasteiger partial charge in [-0.05, 0) is 18.3 Å². The highest BCUT2D eigenvalue weighted by Gasteiger charge is 2.20. The zero-order valence-electron chi connectivity index (χ0n) is 10.9. The van der Waals surface area contributed by atoms with Crippen molar-refractivity contribution in [2.24, 2.45) is 11.8 Å². The summed E-state index contributed by atoms with van der Waals surface area (Å²) in [5, 5.41) is 7.60. The normalized spacial score (nSPS) is 15.1. The Morgan fingerprint density at radius 3 is 2.89 bits per heavy atom. The van der Waals surface area contributed by atoms with E-state index >= 15 is 0 Å². The molecule has 0 unspecified atom stereocenters. The Hall–Kier alpha value is -1.03. The predicted molar refractivity (Wildman–Crippen MR) is 74.2 cm³/mol. The van der Waals surface area contributed by atoms with Crippen molar-refractivity contribution in [1.82, 2.24) is 9.78 Å². The fourth-order valence-electron chi connectivity index (χ4n) is 1.88. The highest BCUT2D eigenvalue weighted by Crippen LogP contribution is 2.32. The molecule has 1 aromatic rings. The summed E-state index contributed by atoms with van der Waals surface area (Å²) in [5.74, 6) is 1.24. The van der Waals surface area contributed by atoms with Gasteiger partial charge in [-0.15, -0.1) is 0 Å². The molecule has 1 N–H and O–H groups in total. The van der Waals surface area contributed by atoms with Crippen molar-refractivity contribution in [3.8, 4) is 0 Å². The molecule has 4 nitrogen and oxygen atoms in total. The molecule has 0 amide bonds. The van der Waals surface area contributed by atoms with Crippen LogP contribution in [-0.4, -0.2) is 16.3 Å². The van der Waals surface area contributed by atoms with Crippen LogP contribution >= 0.6 is 11.6 Å². The maximum Gasteiger partial charge on any atom is 0.287 e. The Balaban J connectivity index is 2.02. The summed E-state index contributed by atoms with van der Waals surface area (Å²) in [4.78, 5) is 12.0. The van der Waals surface area contributed by atoms with E-state index in [1.807, 2.05) is 13.8 Å². The smallest absolute Gasteiger partial charge is 0.287 e. The van der Waals surface area contributed by atoms with Crippen molar-refractivity contribution in [3.63, 3.8) is 0 Å². The molecule has 2 rings (SSSR count). The molecule has 1 aromatic heterocycles. The molecule has 0 radical (unpaired) electrons. The maximum atomic E-state index is 12.0. The topological polar surface area (TPSA) is 46.9 Å². The summed E-state index contributed by atoms with van der Waals surface area (Å²) < 4.78 is 1.43. The van der Waals surface area contributed by atoms with Gasteiger partial charge in [0.25, 0.3) is 5.56 Å². The van der Waals surface area contributed by atoms with Gasteiger partial charge in [-0.3, -0.25) is 4.79 Å². The predicted octanol–water partition coefficient (Wildman–Crippen LogP) is 2.76. The minimum absolute atomic E-state index is 0.207. The monoisotopic (exact) mass is 269 g/mol. The first-order valence-corrected chi connectivity index (χ1v) is 6.95. The van der Waals surface area contributed by atoms with Gasteiger partial charge in [-0.25, -0.2) is 4.68 Å². The highest BCUT2D eigenvalue weighted by molar-refractivity contribution is 6.32. The van der Waals surface area contributed by atoms with Crippen LogP contribution in [0.5, 0.6) is 0 Å². The maximum absolute atomic E-state index is 12.0. The lowest BCUT2D eigenvalue weighted by Crippen LogP contribution is -2.26. The van der Waals surface area contributed by atoms with Crippen molar-refractivity contribution < 1.29 is 0 Å². The van der Waals surface area contributed by atoms with Crippen molar-refractivity contribution in [3.05, 3.63) is 21.6 Å². The van der Waals surface area contributed by atoms with Crippen molar-refractivity contribution in [1.29, 1.82) is 0 Å². The van der Waals surface area contributed by atoms with Crippen molar-refractivity contribution in [2.75, 3.05) is 11.9 Å². The molecule has 100 valence electrons. The molecular weight excluding hydrogens is 250 g/mol. The van der Waals surface area contributed by atoms with Crippen LogP contribution in [0.15, 0.2) is 11.0 Å². The number of anilines is 1. The molecule has 1 aliphatic rings. The molecule has 0 bridgehead atoms. The van der Waals surface area contributed by atoms with E-state index in [4.69, 9.17) is 11.6 Å². The van der Waals surface area contributed by atoms with Gasteiger partial charge in [0, 0.05) is 13.1 Å². The van der Waals surface area contributed by atoms with E-state index in [0.717, 1.165) is 18.9 Å². The number of aromatic nitrogens is 2. The third-order valence-electron chi connectivity index (χ3n) is 3.09. The average molecular weight is 270 g/mol. The number of rotatable bonds is 6. The van der Waals surface area contributed by atoms with Gasteiger partial charge in [0.05, 0.1) is 11.9 Å². The molecule has 0 spiro atoms. The van der Waals surface area contributed by atoms with Crippen LogP contribution in [0.4, 0.5) is 5.69 Å². The summed E-state index contributed by atoms with van der Waals surface area (Å²) in [6.07, 6.45) is 5.47. The van der Waals surface area contributed by atoms with Gasteiger partial charge in [-0.1, -0.05) is 38.3 Å². The number of halogens is 1. The van der Waals surface area contributed by atoms with Gasteiger partial charge in [0.15, 0.2) is 0 Å². The fraction of sp³-hybridized carbons (Fsp3) is 0.692. The molecule has 0 saturated heterocycles. The first-order valence-electron chi connectivity index (χ1n) is 6.57. The molecule has 0 atom stereocenters. The Kier molecular flexibility index (Phi) is 4.27. The summed E-state index contributed by atoms with van der Waals surface area (Å²) in [5.41, 5.74) is 0.448. The van der Waals surface area contributed by atoms with E-state index in [9.17, 15) is 4.79 Å². The molecule has 0 aromatic carbocycles. The van der Waals surface area contributed by atoms with Gasteiger partial charge >= 0.3 is 0 Å². The zero-order chi connectivity index (χ0) is 13.1. The molecule has 0 aliphatic heterocycles. The summed E-state index contributed by atoms with van der Waals surface area (Å²) in [6, 6.07) is 0. The van der Waals surface area contributed by atoms with Gasteiger partial charge < -0.3 is 5.32 Å². The number of hydrogen-bond donors (Lipinski definition) is 1. The first-order chi connectivity index (χ1) is 8.58. The van der Waals surface area contributed by atoms with Crippen LogP contribution in [0.25, 0.3) is 0 Å². The van der Waals surface area contributed by atoms with Crippen LogP contribution in [0.2, 0.25) is 5.02 Å². The van der Waals surface area contributed by atoms with Crippen LogP contribution in [0, 0.1) is 11.8 Å². The molecular formula is C13H20ClN3O. The molecule has 1 heterocycles. The molecule has 1 saturated carbocycles. The lowest BCUT2D eigenvalue weighted by atomic mass is 10.2. The third kappa shape index (κ3) is 3.48. The van der Waals surface area contributed by atoms with Crippen LogP contribution in [0.3, 0.4) is 0 Å². The Bertz CT molecular complexity index is 466. The van der Waals surface area contributed by atoms with E-state index in [2.05, 4.69) is 10.4 Å². The third-order valence-corrected chi connectivity index (χ3v) is 3.45. The zero-order valence-corrected chi connectivity index (χ0v) is 11.7. The summed E-state index contributed by atoms with van der Waals surface area (Å²) in [7, 11) is 0. The van der Waals surface area contributed by atoms with Gasteiger partial charge in [-0.2, -0.15) is 5.10 Å². The SMILES string of the molecule is CC(C)Cn1ncc(NCCC2CC2)c(Cl)c1=O. The van der Waals surface area contributed by atoms with E-state index < -0.39 is 0 Å². The lowest BCUT2D eigenvalue weighted by Gasteiger charge is -2.11. The number of hydrogen-bond acceptors (Lipinski definition) is 3. The summed E-state index contributed by atoms with van der Waals surface area (Å²) in [6.45, 7) is 5.55. The first kappa shape index (κ1) is 13.4. The molecule has 5 heteroatoms. The Labute approximate surface area is 112 Å².